The first-order valence-electron chi connectivity index (χ1n) is 4.84. The highest BCUT2D eigenvalue weighted by atomic mass is 127. The summed E-state index contributed by atoms with van der Waals surface area (Å²) in [5, 5.41) is 2.09. The SMILES string of the molecule is Cc1ccsc1C(N)c1cc(I)ccc1Br. The average molecular weight is 408 g/mol. The van der Waals surface area contributed by atoms with E-state index in [1.54, 1.807) is 11.3 Å². The van der Waals surface area contributed by atoms with E-state index in [9.17, 15) is 0 Å². The van der Waals surface area contributed by atoms with Crippen molar-refractivity contribution >= 4 is 49.9 Å². The zero-order valence-electron chi connectivity index (χ0n) is 8.71. The molecule has 1 nitrogen and oxygen atoms in total. The first-order chi connectivity index (χ1) is 7.59. The van der Waals surface area contributed by atoms with Crippen LogP contribution in [0, 0.1) is 10.5 Å². The molecule has 0 aliphatic heterocycles. The molecule has 1 atom stereocenters. The van der Waals surface area contributed by atoms with Crippen LogP contribution in [0.25, 0.3) is 0 Å². The number of halogens is 2. The lowest BCUT2D eigenvalue weighted by Crippen LogP contribution is -2.12. The van der Waals surface area contributed by atoms with Gasteiger partial charge in [0, 0.05) is 12.9 Å². The van der Waals surface area contributed by atoms with Crippen LogP contribution in [-0.4, -0.2) is 0 Å². The second-order valence-corrected chi connectivity index (χ2v) is 6.66. The quantitative estimate of drug-likeness (QED) is 0.730. The molecule has 0 radical (unpaired) electrons. The van der Waals surface area contributed by atoms with Crippen molar-refractivity contribution < 1.29 is 0 Å². The first-order valence-corrected chi connectivity index (χ1v) is 7.59. The van der Waals surface area contributed by atoms with E-state index in [1.165, 1.54) is 14.0 Å². The van der Waals surface area contributed by atoms with Crippen LogP contribution in [0.4, 0.5) is 0 Å². The number of aryl methyl sites for hydroxylation is 1. The summed E-state index contributed by atoms with van der Waals surface area (Å²) in [5.41, 5.74) is 8.73. The lowest BCUT2D eigenvalue weighted by molar-refractivity contribution is 0.878. The zero-order valence-corrected chi connectivity index (χ0v) is 13.3. The van der Waals surface area contributed by atoms with Crippen LogP contribution in [0.2, 0.25) is 0 Å². The van der Waals surface area contributed by atoms with Crippen molar-refractivity contribution in [2.75, 3.05) is 0 Å². The summed E-state index contributed by atoms with van der Waals surface area (Å²) in [7, 11) is 0. The van der Waals surface area contributed by atoms with Gasteiger partial charge in [0.25, 0.3) is 0 Å². The van der Waals surface area contributed by atoms with Crippen LogP contribution in [0.15, 0.2) is 34.1 Å². The van der Waals surface area contributed by atoms with Gasteiger partial charge in [-0.2, -0.15) is 0 Å². The van der Waals surface area contributed by atoms with Crippen molar-refractivity contribution in [1.29, 1.82) is 0 Å². The molecule has 2 aromatic rings. The lowest BCUT2D eigenvalue weighted by atomic mass is 10.0. The third-order valence-electron chi connectivity index (χ3n) is 2.48. The lowest BCUT2D eigenvalue weighted by Gasteiger charge is -2.14. The van der Waals surface area contributed by atoms with E-state index >= 15 is 0 Å². The predicted molar refractivity (Wildman–Crippen MR) is 81.9 cm³/mol. The Morgan fingerprint density at radius 3 is 2.75 bits per heavy atom. The molecule has 84 valence electrons. The Kier molecular flexibility index (Phi) is 4.05. The predicted octanol–water partition coefficient (Wildman–Crippen LogP) is 4.47. The van der Waals surface area contributed by atoms with Crippen LogP contribution in [-0.2, 0) is 0 Å². The van der Waals surface area contributed by atoms with Crippen molar-refractivity contribution in [3.8, 4) is 0 Å². The molecule has 1 aromatic carbocycles. The van der Waals surface area contributed by atoms with Crippen molar-refractivity contribution in [2.45, 2.75) is 13.0 Å². The Bertz CT molecular complexity index is 509. The molecule has 2 N–H and O–H groups in total. The van der Waals surface area contributed by atoms with Crippen molar-refractivity contribution in [1.82, 2.24) is 0 Å². The highest BCUT2D eigenvalue weighted by molar-refractivity contribution is 14.1. The molecule has 0 bridgehead atoms. The fraction of sp³-hybridized carbons (Fsp3) is 0.167. The molecule has 16 heavy (non-hydrogen) atoms. The van der Waals surface area contributed by atoms with Crippen molar-refractivity contribution in [3.05, 3.63) is 53.7 Å². The van der Waals surface area contributed by atoms with Crippen LogP contribution in [0.1, 0.15) is 22.0 Å². The standard InChI is InChI=1S/C12H11BrINS/c1-7-4-5-16-12(7)11(15)9-6-8(14)2-3-10(9)13/h2-6,11H,15H2,1H3. The average Bonchev–Trinajstić information content (AvgIpc) is 2.67. The summed E-state index contributed by atoms with van der Waals surface area (Å²) in [6, 6.07) is 8.34. The summed E-state index contributed by atoms with van der Waals surface area (Å²) in [6.07, 6.45) is 0. The molecule has 0 saturated carbocycles. The van der Waals surface area contributed by atoms with E-state index in [2.05, 4.69) is 75.1 Å². The van der Waals surface area contributed by atoms with E-state index in [0.29, 0.717) is 0 Å². The molecule has 1 unspecified atom stereocenters. The van der Waals surface area contributed by atoms with Gasteiger partial charge in [-0.25, -0.2) is 0 Å². The molecular formula is C12H11BrINS. The van der Waals surface area contributed by atoms with Gasteiger partial charge in [0.1, 0.15) is 0 Å². The van der Waals surface area contributed by atoms with E-state index in [0.717, 1.165) is 10.0 Å². The monoisotopic (exact) mass is 407 g/mol. The zero-order chi connectivity index (χ0) is 11.7. The number of hydrogen-bond acceptors (Lipinski definition) is 2. The number of nitrogens with two attached hydrogens (primary N) is 1. The Morgan fingerprint density at radius 1 is 1.38 bits per heavy atom. The van der Waals surface area contributed by atoms with Crippen LogP contribution in [0.5, 0.6) is 0 Å². The van der Waals surface area contributed by atoms with Gasteiger partial charge in [-0.1, -0.05) is 15.9 Å². The molecule has 0 saturated heterocycles. The topological polar surface area (TPSA) is 26.0 Å². The largest absolute Gasteiger partial charge is 0.320 e. The van der Waals surface area contributed by atoms with Gasteiger partial charge in [0.15, 0.2) is 0 Å². The van der Waals surface area contributed by atoms with Crippen LogP contribution >= 0.6 is 49.9 Å². The third-order valence-corrected chi connectivity index (χ3v) is 4.97. The number of rotatable bonds is 2. The van der Waals surface area contributed by atoms with Crippen molar-refractivity contribution in [2.24, 2.45) is 5.73 Å². The van der Waals surface area contributed by atoms with E-state index in [1.807, 2.05) is 0 Å². The molecule has 0 fully saturated rings. The minimum absolute atomic E-state index is 0.0379. The molecule has 2 rings (SSSR count). The first kappa shape index (κ1) is 12.5. The maximum Gasteiger partial charge on any atom is 0.0660 e. The summed E-state index contributed by atoms with van der Waals surface area (Å²) in [6.45, 7) is 2.10. The van der Waals surface area contributed by atoms with E-state index in [-0.39, 0.29) is 6.04 Å². The molecule has 0 aliphatic rings. The van der Waals surface area contributed by atoms with Crippen LogP contribution in [0.3, 0.4) is 0 Å². The Balaban J connectivity index is 2.45. The minimum atomic E-state index is -0.0379. The molecular weight excluding hydrogens is 397 g/mol. The van der Waals surface area contributed by atoms with E-state index < -0.39 is 0 Å². The maximum absolute atomic E-state index is 6.31. The Hall–Kier alpha value is 0.0900. The number of thiophene rings is 1. The van der Waals surface area contributed by atoms with Crippen molar-refractivity contribution in [3.63, 3.8) is 0 Å². The fourth-order valence-electron chi connectivity index (χ4n) is 1.60. The Labute approximate surface area is 121 Å². The molecule has 0 aliphatic carbocycles. The second kappa shape index (κ2) is 5.16. The smallest absolute Gasteiger partial charge is 0.0660 e. The van der Waals surface area contributed by atoms with Gasteiger partial charge in [-0.15, -0.1) is 11.3 Å². The molecule has 1 aromatic heterocycles. The van der Waals surface area contributed by atoms with Gasteiger partial charge in [0.2, 0.25) is 0 Å². The summed E-state index contributed by atoms with van der Waals surface area (Å²) < 4.78 is 2.29. The normalized spacial score (nSPS) is 12.8. The van der Waals surface area contributed by atoms with Gasteiger partial charge in [0.05, 0.1) is 6.04 Å². The Morgan fingerprint density at radius 2 is 2.12 bits per heavy atom. The molecule has 1 heterocycles. The number of hydrogen-bond donors (Lipinski definition) is 1. The summed E-state index contributed by atoms with van der Waals surface area (Å²) >= 11 is 7.59. The van der Waals surface area contributed by atoms with Gasteiger partial charge in [-0.3, -0.25) is 0 Å². The second-order valence-electron chi connectivity index (χ2n) is 3.61. The molecule has 0 amide bonds. The fourth-order valence-corrected chi connectivity index (χ4v) is 3.55. The third kappa shape index (κ3) is 2.50. The summed E-state index contributed by atoms with van der Waals surface area (Å²) in [5.74, 6) is 0. The molecule has 4 heteroatoms. The van der Waals surface area contributed by atoms with Gasteiger partial charge < -0.3 is 5.73 Å². The highest BCUT2D eigenvalue weighted by Gasteiger charge is 2.15. The van der Waals surface area contributed by atoms with E-state index in [4.69, 9.17) is 5.73 Å². The summed E-state index contributed by atoms with van der Waals surface area (Å²) in [4.78, 5) is 1.24. The minimum Gasteiger partial charge on any atom is -0.320 e. The van der Waals surface area contributed by atoms with Gasteiger partial charge >= 0.3 is 0 Å². The maximum atomic E-state index is 6.31. The number of benzene rings is 1. The highest BCUT2D eigenvalue weighted by Crippen LogP contribution is 2.32. The molecule has 0 spiro atoms. The van der Waals surface area contributed by atoms with Gasteiger partial charge in [-0.05, 0) is 70.3 Å². The van der Waals surface area contributed by atoms with Crippen LogP contribution < -0.4 is 5.73 Å².